The Bertz CT molecular complexity index is 1060. The molecule has 3 aromatic rings. The van der Waals surface area contributed by atoms with E-state index in [4.69, 9.17) is 4.74 Å². The molecule has 4 rings (SSSR count). The predicted molar refractivity (Wildman–Crippen MR) is 112 cm³/mol. The minimum atomic E-state index is 0.540. The second kappa shape index (κ2) is 7.31. The van der Waals surface area contributed by atoms with Gasteiger partial charge in [-0.15, -0.1) is 0 Å². The van der Waals surface area contributed by atoms with E-state index >= 15 is 0 Å². The lowest BCUT2D eigenvalue weighted by molar-refractivity contribution is 0.416. The van der Waals surface area contributed by atoms with Gasteiger partial charge in [0.1, 0.15) is 11.6 Å². The number of anilines is 3. The molecule has 0 spiro atoms. The normalized spacial score (nSPS) is 12.6. The first kappa shape index (κ1) is 18.0. The summed E-state index contributed by atoms with van der Waals surface area (Å²) >= 11 is 0. The van der Waals surface area contributed by atoms with Crippen molar-refractivity contribution in [1.29, 1.82) is 0 Å². The van der Waals surface area contributed by atoms with Gasteiger partial charge < -0.3 is 15.4 Å². The molecule has 0 saturated carbocycles. The van der Waals surface area contributed by atoms with Crippen molar-refractivity contribution in [1.82, 2.24) is 15.0 Å². The van der Waals surface area contributed by atoms with Crippen LogP contribution in [0.1, 0.15) is 16.8 Å². The van der Waals surface area contributed by atoms with Crippen LogP contribution in [-0.2, 0) is 12.8 Å². The number of ether oxygens (including phenoxy) is 1. The zero-order valence-corrected chi connectivity index (χ0v) is 16.3. The minimum absolute atomic E-state index is 0.540. The first-order valence-corrected chi connectivity index (χ1v) is 9.19. The molecule has 2 aromatic heterocycles. The van der Waals surface area contributed by atoms with E-state index in [0.29, 0.717) is 5.95 Å². The number of hydrogen-bond donors (Lipinski definition) is 2. The maximum atomic E-state index is 5.57. The van der Waals surface area contributed by atoms with E-state index < -0.39 is 0 Å². The molecule has 28 heavy (non-hydrogen) atoms. The first-order chi connectivity index (χ1) is 13.6. The molecule has 0 amide bonds. The average molecular weight is 373 g/mol. The van der Waals surface area contributed by atoms with Crippen LogP contribution in [0.2, 0.25) is 0 Å². The van der Waals surface area contributed by atoms with Crippen molar-refractivity contribution in [3.63, 3.8) is 0 Å². The summed E-state index contributed by atoms with van der Waals surface area (Å²) in [6, 6.07) is 9.93. The SMILES string of the molecule is C=C1Cc2cnc(-c3cc(Nc4nc(C)cc(NC)n4)ccc3OC)cc2C1. The molecule has 1 aliphatic rings. The standard InChI is InChI=1S/C22H23N5O/c1-13-7-15-10-19(24-12-16(15)8-13)18-11-17(5-6-20(18)28-4)26-22-25-14(2)9-21(23-3)27-22/h5-6,9-12H,1,7-8H2,2-4H3,(H2,23,25,26,27). The first-order valence-electron chi connectivity index (χ1n) is 9.19. The van der Waals surface area contributed by atoms with Crippen molar-refractivity contribution in [2.24, 2.45) is 0 Å². The number of nitrogens with zero attached hydrogens (tertiary/aromatic N) is 3. The lowest BCUT2D eigenvalue weighted by Gasteiger charge is -2.13. The zero-order valence-electron chi connectivity index (χ0n) is 16.3. The van der Waals surface area contributed by atoms with Crippen LogP contribution < -0.4 is 15.4 Å². The Balaban J connectivity index is 1.70. The highest BCUT2D eigenvalue weighted by Gasteiger charge is 2.17. The van der Waals surface area contributed by atoms with Crippen molar-refractivity contribution in [2.45, 2.75) is 19.8 Å². The van der Waals surface area contributed by atoms with E-state index in [1.165, 1.54) is 16.7 Å². The van der Waals surface area contributed by atoms with E-state index in [9.17, 15) is 0 Å². The Morgan fingerprint density at radius 3 is 2.68 bits per heavy atom. The Labute approximate surface area is 164 Å². The summed E-state index contributed by atoms with van der Waals surface area (Å²) in [5, 5.41) is 6.33. The van der Waals surface area contributed by atoms with Gasteiger partial charge in [0, 0.05) is 36.3 Å². The lowest BCUT2D eigenvalue weighted by atomic mass is 10.1. The third-order valence-electron chi connectivity index (χ3n) is 4.81. The predicted octanol–water partition coefficient (Wildman–Crippen LogP) is 4.30. The summed E-state index contributed by atoms with van der Waals surface area (Å²) in [7, 11) is 3.51. The fraction of sp³-hybridized carbons (Fsp3) is 0.227. The van der Waals surface area contributed by atoms with E-state index in [-0.39, 0.29) is 0 Å². The fourth-order valence-electron chi connectivity index (χ4n) is 3.47. The van der Waals surface area contributed by atoms with Gasteiger partial charge in [-0.25, -0.2) is 4.98 Å². The largest absolute Gasteiger partial charge is 0.496 e. The van der Waals surface area contributed by atoms with Crippen LogP contribution in [0, 0.1) is 6.92 Å². The molecule has 0 bridgehead atoms. The molecule has 0 radical (unpaired) electrons. The average Bonchev–Trinajstić information content (AvgIpc) is 3.06. The van der Waals surface area contributed by atoms with Gasteiger partial charge in [0.25, 0.3) is 0 Å². The van der Waals surface area contributed by atoms with Crippen LogP contribution in [0.5, 0.6) is 5.75 Å². The molecule has 2 heterocycles. The Hall–Kier alpha value is -3.41. The Morgan fingerprint density at radius 1 is 1.07 bits per heavy atom. The van der Waals surface area contributed by atoms with Crippen molar-refractivity contribution in [3.05, 3.63) is 65.5 Å². The summed E-state index contributed by atoms with van der Waals surface area (Å²) in [4.78, 5) is 13.6. The molecule has 1 aliphatic carbocycles. The molecule has 0 saturated heterocycles. The smallest absolute Gasteiger partial charge is 0.229 e. The quantitative estimate of drug-likeness (QED) is 0.650. The maximum Gasteiger partial charge on any atom is 0.229 e. The van der Waals surface area contributed by atoms with E-state index in [1.54, 1.807) is 7.11 Å². The number of fused-ring (bicyclic) bond motifs is 1. The van der Waals surface area contributed by atoms with Crippen molar-refractivity contribution in [3.8, 4) is 17.0 Å². The van der Waals surface area contributed by atoms with Crippen LogP contribution >= 0.6 is 0 Å². The Morgan fingerprint density at radius 2 is 1.89 bits per heavy atom. The zero-order chi connectivity index (χ0) is 19.7. The third kappa shape index (κ3) is 3.53. The number of allylic oxidation sites excluding steroid dienone is 1. The molecule has 0 fully saturated rings. The summed E-state index contributed by atoms with van der Waals surface area (Å²) in [6.07, 6.45) is 3.78. The van der Waals surface area contributed by atoms with E-state index in [0.717, 1.165) is 47.0 Å². The van der Waals surface area contributed by atoms with Crippen molar-refractivity contribution in [2.75, 3.05) is 24.8 Å². The molecule has 1 aromatic carbocycles. The second-order valence-corrected chi connectivity index (χ2v) is 6.95. The van der Waals surface area contributed by atoms with Crippen molar-refractivity contribution < 1.29 is 4.74 Å². The number of nitrogens with one attached hydrogen (secondary N) is 2. The van der Waals surface area contributed by atoms with Crippen molar-refractivity contribution >= 4 is 17.5 Å². The fourth-order valence-corrected chi connectivity index (χ4v) is 3.47. The number of pyridine rings is 1. The summed E-state index contributed by atoms with van der Waals surface area (Å²) in [6.45, 7) is 6.05. The Kier molecular flexibility index (Phi) is 4.69. The highest BCUT2D eigenvalue weighted by atomic mass is 16.5. The molecular weight excluding hydrogens is 350 g/mol. The molecule has 0 unspecified atom stereocenters. The highest BCUT2D eigenvalue weighted by molar-refractivity contribution is 5.74. The topological polar surface area (TPSA) is 72.0 Å². The summed E-state index contributed by atoms with van der Waals surface area (Å²) in [5.74, 6) is 2.08. The monoisotopic (exact) mass is 373 g/mol. The van der Waals surface area contributed by atoms with E-state index in [2.05, 4.69) is 38.2 Å². The van der Waals surface area contributed by atoms with Crippen LogP contribution in [-0.4, -0.2) is 29.1 Å². The van der Waals surface area contributed by atoms with Gasteiger partial charge in [-0.3, -0.25) is 4.98 Å². The van der Waals surface area contributed by atoms with Gasteiger partial charge in [0.2, 0.25) is 5.95 Å². The van der Waals surface area contributed by atoms with Crippen LogP contribution in [0.3, 0.4) is 0 Å². The van der Waals surface area contributed by atoms with Gasteiger partial charge in [-0.05, 0) is 55.2 Å². The minimum Gasteiger partial charge on any atom is -0.496 e. The van der Waals surface area contributed by atoms with Gasteiger partial charge in [0.05, 0.1) is 12.8 Å². The number of aromatic nitrogens is 3. The number of hydrogen-bond acceptors (Lipinski definition) is 6. The van der Waals surface area contributed by atoms with Crippen LogP contribution in [0.15, 0.2) is 48.7 Å². The molecule has 6 heteroatoms. The number of methoxy groups -OCH3 is 1. The van der Waals surface area contributed by atoms with Crippen LogP contribution in [0.25, 0.3) is 11.3 Å². The number of benzene rings is 1. The number of aryl methyl sites for hydroxylation is 1. The highest BCUT2D eigenvalue weighted by Crippen LogP contribution is 2.35. The van der Waals surface area contributed by atoms with Gasteiger partial charge in [-0.1, -0.05) is 12.2 Å². The summed E-state index contributed by atoms with van der Waals surface area (Å²) < 4.78 is 5.57. The molecule has 0 atom stereocenters. The second-order valence-electron chi connectivity index (χ2n) is 6.95. The van der Waals surface area contributed by atoms with Gasteiger partial charge in [0.15, 0.2) is 0 Å². The van der Waals surface area contributed by atoms with Gasteiger partial charge >= 0.3 is 0 Å². The van der Waals surface area contributed by atoms with Crippen LogP contribution in [0.4, 0.5) is 17.5 Å². The lowest BCUT2D eigenvalue weighted by Crippen LogP contribution is -2.02. The molecule has 6 nitrogen and oxygen atoms in total. The molecule has 2 N–H and O–H groups in total. The number of rotatable bonds is 5. The van der Waals surface area contributed by atoms with E-state index in [1.807, 2.05) is 44.4 Å². The molecular formula is C22H23N5O. The van der Waals surface area contributed by atoms with Gasteiger partial charge in [-0.2, -0.15) is 4.98 Å². The molecule has 142 valence electrons. The third-order valence-corrected chi connectivity index (χ3v) is 4.81. The maximum absolute atomic E-state index is 5.57. The summed E-state index contributed by atoms with van der Waals surface area (Å²) in [5.41, 5.74) is 7.34. The molecule has 0 aliphatic heterocycles.